The Hall–Kier alpha value is -1.96. The number of carbonyl (C=O) groups is 1. The van der Waals surface area contributed by atoms with E-state index in [1.165, 1.54) is 4.31 Å². The molecule has 31 heavy (non-hydrogen) atoms. The maximum absolute atomic E-state index is 12.5. The molecule has 1 aromatic rings. The van der Waals surface area contributed by atoms with E-state index in [1.54, 1.807) is 30.8 Å². The van der Waals surface area contributed by atoms with Gasteiger partial charge in [0.05, 0.1) is 18.9 Å². The molecule has 0 aliphatic carbocycles. The van der Waals surface area contributed by atoms with Gasteiger partial charge in [-0.3, -0.25) is 4.98 Å². The van der Waals surface area contributed by atoms with E-state index in [1.807, 2.05) is 12.1 Å². The van der Waals surface area contributed by atoms with Gasteiger partial charge in [-0.1, -0.05) is 0 Å². The zero-order valence-electron chi connectivity index (χ0n) is 17.2. The van der Waals surface area contributed by atoms with Gasteiger partial charge in [0.15, 0.2) is 0 Å². The van der Waals surface area contributed by atoms with Crippen LogP contribution in [0.25, 0.3) is 0 Å². The number of carboxylic acids is 1. The number of piperidine rings is 1. The SMILES string of the molecule is CN(C)S(=O)(=O)N1CCC2OCCCC2(COc2cccnc2)C1.O=C(O)C(F)(F)F. The van der Waals surface area contributed by atoms with Gasteiger partial charge < -0.3 is 14.6 Å². The lowest BCUT2D eigenvalue weighted by Gasteiger charge is -2.49. The van der Waals surface area contributed by atoms with E-state index < -0.39 is 22.4 Å². The molecule has 0 saturated carbocycles. The molecule has 1 aromatic heterocycles. The number of alkyl halides is 3. The summed E-state index contributed by atoms with van der Waals surface area (Å²) < 4.78 is 71.6. The highest BCUT2D eigenvalue weighted by Crippen LogP contribution is 2.41. The zero-order valence-corrected chi connectivity index (χ0v) is 18.0. The molecule has 0 amide bonds. The number of carboxylic acid groups (broad SMARTS) is 1. The van der Waals surface area contributed by atoms with Gasteiger partial charge in [-0.05, 0) is 31.4 Å². The van der Waals surface area contributed by atoms with Crippen LogP contribution in [0.4, 0.5) is 13.2 Å². The van der Waals surface area contributed by atoms with E-state index in [0.29, 0.717) is 31.9 Å². The molecule has 2 atom stereocenters. The summed E-state index contributed by atoms with van der Waals surface area (Å²) in [4.78, 5) is 13.0. The van der Waals surface area contributed by atoms with Gasteiger partial charge in [-0.2, -0.15) is 30.2 Å². The van der Waals surface area contributed by atoms with Crippen molar-refractivity contribution in [3.63, 3.8) is 0 Å². The Morgan fingerprint density at radius 2 is 2.13 bits per heavy atom. The van der Waals surface area contributed by atoms with E-state index in [-0.39, 0.29) is 11.5 Å². The maximum atomic E-state index is 12.5. The van der Waals surface area contributed by atoms with Crippen LogP contribution in [-0.4, -0.2) is 85.8 Å². The van der Waals surface area contributed by atoms with Gasteiger partial charge in [0.2, 0.25) is 0 Å². The Morgan fingerprint density at radius 3 is 2.68 bits per heavy atom. The lowest BCUT2D eigenvalue weighted by Crippen LogP contribution is -2.59. The fourth-order valence-corrected chi connectivity index (χ4v) is 4.77. The molecule has 2 fully saturated rings. The van der Waals surface area contributed by atoms with Gasteiger partial charge in [0.25, 0.3) is 10.2 Å². The number of hydrogen-bond donors (Lipinski definition) is 1. The molecule has 0 bridgehead atoms. The Bertz CT molecular complexity index is 838. The van der Waals surface area contributed by atoms with Crippen molar-refractivity contribution in [3.05, 3.63) is 24.5 Å². The molecular weight excluding hydrogens is 443 g/mol. The molecule has 2 saturated heterocycles. The molecule has 176 valence electrons. The number of hydrogen-bond acceptors (Lipinski definition) is 6. The summed E-state index contributed by atoms with van der Waals surface area (Å²) in [7, 11) is -0.294. The number of halogens is 3. The first kappa shape index (κ1) is 25.3. The minimum absolute atomic E-state index is 0.0385. The standard InChI is InChI=1S/C16H25N3O4S.C2HF3O2/c1-18(2)24(20,21)19-9-6-15-16(12-19,7-4-10-22-15)13-23-14-5-3-8-17-11-14;3-2(4,5)1(6)7/h3,5,8,11,15H,4,6-7,9-10,12-13H2,1-2H3;(H,6,7). The highest BCUT2D eigenvalue weighted by atomic mass is 32.2. The Morgan fingerprint density at radius 1 is 1.45 bits per heavy atom. The number of fused-ring (bicyclic) bond motifs is 1. The van der Waals surface area contributed by atoms with Crippen molar-refractivity contribution in [1.82, 2.24) is 13.6 Å². The topological polar surface area (TPSA) is 109 Å². The van der Waals surface area contributed by atoms with Gasteiger partial charge in [-0.15, -0.1) is 0 Å². The Balaban J connectivity index is 0.000000423. The Labute approximate surface area is 178 Å². The number of aliphatic carboxylic acids is 1. The number of pyridine rings is 1. The third-order valence-corrected chi connectivity index (χ3v) is 7.03. The van der Waals surface area contributed by atoms with E-state index in [4.69, 9.17) is 19.4 Å². The maximum Gasteiger partial charge on any atom is 0.490 e. The average Bonchev–Trinajstić information content (AvgIpc) is 2.72. The van der Waals surface area contributed by atoms with Crippen molar-refractivity contribution in [2.24, 2.45) is 5.41 Å². The zero-order chi connectivity index (χ0) is 23.3. The van der Waals surface area contributed by atoms with Crippen LogP contribution < -0.4 is 4.74 Å². The minimum Gasteiger partial charge on any atom is -0.491 e. The van der Waals surface area contributed by atoms with Crippen LogP contribution in [0, 0.1) is 5.41 Å². The van der Waals surface area contributed by atoms with Crippen molar-refractivity contribution in [3.8, 4) is 5.75 Å². The second-order valence-corrected chi connectivity index (χ2v) is 9.66. The van der Waals surface area contributed by atoms with Crippen molar-refractivity contribution in [1.29, 1.82) is 0 Å². The van der Waals surface area contributed by atoms with Crippen LogP contribution >= 0.6 is 0 Å². The molecular formula is C18H26F3N3O6S. The predicted molar refractivity (Wildman–Crippen MR) is 104 cm³/mol. The fourth-order valence-electron chi connectivity index (χ4n) is 3.55. The van der Waals surface area contributed by atoms with Gasteiger partial charge in [0, 0.05) is 45.4 Å². The van der Waals surface area contributed by atoms with E-state index in [9.17, 15) is 21.6 Å². The van der Waals surface area contributed by atoms with Gasteiger partial charge in [-0.25, -0.2) is 4.79 Å². The summed E-state index contributed by atoms with van der Waals surface area (Å²) in [6.45, 7) is 2.08. The second-order valence-electron chi connectivity index (χ2n) is 7.52. The number of aromatic nitrogens is 1. The van der Waals surface area contributed by atoms with Crippen molar-refractivity contribution in [2.45, 2.75) is 31.5 Å². The summed E-state index contributed by atoms with van der Waals surface area (Å²) in [5, 5.41) is 7.12. The lowest BCUT2D eigenvalue weighted by molar-refractivity contribution is -0.192. The summed E-state index contributed by atoms with van der Waals surface area (Å²) in [5.41, 5.74) is -0.310. The third kappa shape index (κ3) is 6.51. The highest BCUT2D eigenvalue weighted by molar-refractivity contribution is 7.86. The first-order chi connectivity index (χ1) is 14.4. The summed E-state index contributed by atoms with van der Waals surface area (Å²) >= 11 is 0. The van der Waals surface area contributed by atoms with Crippen LogP contribution in [0.3, 0.4) is 0 Å². The largest absolute Gasteiger partial charge is 0.491 e. The predicted octanol–water partition coefficient (Wildman–Crippen LogP) is 1.77. The van der Waals surface area contributed by atoms with Gasteiger partial charge >= 0.3 is 12.1 Å². The molecule has 0 aromatic carbocycles. The number of rotatable bonds is 5. The molecule has 9 nitrogen and oxygen atoms in total. The van der Waals surface area contributed by atoms with Crippen molar-refractivity contribution >= 4 is 16.2 Å². The van der Waals surface area contributed by atoms with Crippen LogP contribution in [0.2, 0.25) is 0 Å². The second kappa shape index (κ2) is 10.1. The van der Waals surface area contributed by atoms with Crippen molar-refractivity contribution in [2.75, 3.05) is 40.4 Å². The van der Waals surface area contributed by atoms with Crippen LogP contribution in [0.15, 0.2) is 24.5 Å². The highest BCUT2D eigenvalue weighted by Gasteiger charge is 2.49. The average molecular weight is 469 g/mol. The molecule has 13 heteroatoms. The quantitative estimate of drug-likeness (QED) is 0.700. The van der Waals surface area contributed by atoms with Crippen LogP contribution in [-0.2, 0) is 19.7 Å². The number of nitrogens with zero attached hydrogens (tertiary/aromatic N) is 3. The fraction of sp³-hybridized carbons (Fsp3) is 0.667. The molecule has 2 unspecified atom stereocenters. The molecule has 3 rings (SSSR count). The summed E-state index contributed by atoms with van der Waals surface area (Å²) in [6.07, 6.45) is 0.844. The Kier molecular flexibility index (Phi) is 8.25. The molecule has 3 heterocycles. The van der Waals surface area contributed by atoms with Crippen LogP contribution in [0.1, 0.15) is 19.3 Å². The normalized spacial score (nSPS) is 24.6. The summed E-state index contributed by atoms with van der Waals surface area (Å²) in [5.74, 6) is -2.06. The van der Waals surface area contributed by atoms with E-state index in [2.05, 4.69) is 4.98 Å². The van der Waals surface area contributed by atoms with E-state index >= 15 is 0 Å². The monoisotopic (exact) mass is 469 g/mol. The number of ether oxygens (including phenoxy) is 2. The smallest absolute Gasteiger partial charge is 0.490 e. The minimum atomic E-state index is -5.08. The molecule has 0 radical (unpaired) electrons. The first-order valence-electron chi connectivity index (χ1n) is 9.51. The summed E-state index contributed by atoms with van der Waals surface area (Å²) in [6, 6.07) is 3.69. The third-order valence-electron chi connectivity index (χ3n) is 5.14. The molecule has 0 spiro atoms. The molecule has 1 N–H and O–H groups in total. The van der Waals surface area contributed by atoms with Crippen LogP contribution in [0.5, 0.6) is 5.75 Å². The molecule has 2 aliphatic heterocycles. The lowest BCUT2D eigenvalue weighted by atomic mass is 9.73. The van der Waals surface area contributed by atoms with E-state index in [0.717, 1.165) is 19.4 Å². The first-order valence-corrected chi connectivity index (χ1v) is 10.9. The molecule has 2 aliphatic rings. The van der Waals surface area contributed by atoms with Crippen molar-refractivity contribution < 1.29 is 41.0 Å². The van der Waals surface area contributed by atoms with Gasteiger partial charge in [0.1, 0.15) is 5.75 Å².